The summed E-state index contributed by atoms with van der Waals surface area (Å²) in [5.74, 6) is 1.92. The number of hydrogen-bond acceptors (Lipinski definition) is 3. The molecule has 21 heavy (non-hydrogen) atoms. The number of amides is 1. The fourth-order valence-corrected chi connectivity index (χ4v) is 5.07. The summed E-state index contributed by atoms with van der Waals surface area (Å²) in [7, 11) is 0. The molecule has 2 aromatic rings. The van der Waals surface area contributed by atoms with Gasteiger partial charge in [-0.3, -0.25) is 4.79 Å². The standard InChI is InChI=1S/C17H17NOS2/c19-14(10-21-15-6-3-9-20-15)18-17-13-8-7-11-4-1-2-5-12(11)16(13)17/h1-6,9,13,16-17H,7-8,10H2,(H,18,19)/t13-,16-,17+/m0/s1. The maximum Gasteiger partial charge on any atom is 0.230 e. The third-order valence-electron chi connectivity index (χ3n) is 4.50. The highest BCUT2D eigenvalue weighted by Gasteiger charge is 2.53. The molecular formula is C17H17NOS2. The van der Waals surface area contributed by atoms with Crippen LogP contribution in [0.3, 0.4) is 0 Å². The van der Waals surface area contributed by atoms with Gasteiger partial charge >= 0.3 is 0 Å². The molecule has 0 unspecified atom stereocenters. The summed E-state index contributed by atoms with van der Waals surface area (Å²) >= 11 is 3.32. The topological polar surface area (TPSA) is 29.1 Å². The van der Waals surface area contributed by atoms with Gasteiger partial charge in [0.2, 0.25) is 5.91 Å². The second-order valence-electron chi connectivity index (χ2n) is 5.74. The Labute approximate surface area is 133 Å². The molecule has 0 aliphatic heterocycles. The van der Waals surface area contributed by atoms with Crippen molar-refractivity contribution >= 4 is 29.0 Å². The number of aryl methyl sites for hydroxylation is 1. The zero-order valence-corrected chi connectivity index (χ0v) is 13.3. The summed E-state index contributed by atoms with van der Waals surface area (Å²) in [4.78, 5) is 12.1. The maximum absolute atomic E-state index is 12.1. The van der Waals surface area contributed by atoms with Crippen LogP contribution >= 0.6 is 23.1 Å². The number of carbonyl (C=O) groups is 1. The van der Waals surface area contributed by atoms with E-state index < -0.39 is 0 Å². The molecule has 2 aliphatic rings. The average Bonchev–Trinajstić information content (AvgIpc) is 2.96. The van der Waals surface area contributed by atoms with Crippen molar-refractivity contribution < 1.29 is 4.79 Å². The number of thioether (sulfide) groups is 1. The Morgan fingerprint density at radius 2 is 2.19 bits per heavy atom. The van der Waals surface area contributed by atoms with Gasteiger partial charge in [0.25, 0.3) is 0 Å². The highest BCUT2D eigenvalue weighted by atomic mass is 32.2. The van der Waals surface area contributed by atoms with Crippen LogP contribution in [0.1, 0.15) is 23.5 Å². The van der Waals surface area contributed by atoms with E-state index in [1.165, 1.54) is 21.8 Å². The van der Waals surface area contributed by atoms with Crippen molar-refractivity contribution in [3.63, 3.8) is 0 Å². The third kappa shape index (κ3) is 2.62. The molecule has 0 bridgehead atoms. The first-order valence-corrected chi connectivity index (χ1v) is 9.23. The molecule has 1 heterocycles. The Hall–Kier alpha value is -1.26. The molecule has 1 saturated carbocycles. The normalized spacial score (nSPS) is 25.8. The lowest BCUT2D eigenvalue weighted by Gasteiger charge is -2.13. The van der Waals surface area contributed by atoms with Gasteiger partial charge in [0.1, 0.15) is 0 Å². The van der Waals surface area contributed by atoms with Crippen LogP contribution in [0.4, 0.5) is 0 Å². The van der Waals surface area contributed by atoms with Gasteiger partial charge in [-0.15, -0.1) is 23.1 Å². The number of benzene rings is 1. The molecule has 4 heteroatoms. The highest BCUT2D eigenvalue weighted by molar-refractivity contribution is 8.01. The Balaban J connectivity index is 1.36. The van der Waals surface area contributed by atoms with Crippen molar-refractivity contribution in [3.05, 3.63) is 52.9 Å². The lowest BCUT2D eigenvalue weighted by atomic mass is 9.92. The molecule has 1 aromatic carbocycles. The lowest BCUT2D eigenvalue weighted by Crippen LogP contribution is -2.29. The number of nitrogens with one attached hydrogen (secondary N) is 1. The summed E-state index contributed by atoms with van der Waals surface area (Å²) in [6.45, 7) is 0. The summed E-state index contributed by atoms with van der Waals surface area (Å²) in [5, 5.41) is 5.29. The van der Waals surface area contributed by atoms with Crippen LogP contribution in [0, 0.1) is 5.92 Å². The molecular weight excluding hydrogens is 298 g/mol. The summed E-state index contributed by atoms with van der Waals surface area (Å²) in [6, 6.07) is 13.2. The number of thiophene rings is 1. The molecule has 108 valence electrons. The van der Waals surface area contributed by atoms with Crippen LogP contribution in [0.25, 0.3) is 0 Å². The zero-order chi connectivity index (χ0) is 14.2. The third-order valence-corrected chi connectivity index (χ3v) is 6.63. The minimum absolute atomic E-state index is 0.172. The second kappa shape index (κ2) is 5.50. The van der Waals surface area contributed by atoms with E-state index in [0.717, 1.165) is 6.42 Å². The van der Waals surface area contributed by atoms with E-state index in [-0.39, 0.29) is 5.91 Å². The zero-order valence-electron chi connectivity index (χ0n) is 11.6. The van der Waals surface area contributed by atoms with Gasteiger partial charge < -0.3 is 5.32 Å². The molecule has 2 aliphatic carbocycles. The van der Waals surface area contributed by atoms with Gasteiger partial charge in [-0.1, -0.05) is 30.3 Å². The van der Waals surface area contributed by atoms with E-state index in [2.05, 4.69) is 35.6 Å². The maximum atomic E-state index is 12.1. The smallest absolute Gasteiger partial charge is 0.230 e. The van der Waals surface area contributed by atoms with E-state index in [9.17, 15) is 4.79 Å². The largest absolute Gasteiger partial charge is 0.352 e. The van der Waals surface area contributed by atoms with Gasteiger partial charge in [-0.2, -0.15) is 0 Å². The Kier molecular flexibility index (Phi) is 3.51. The van der Waals surface area contributed by atoms with Gasteiger partial charge in [-0.25, -0.2) is 0 Å². The predicted molar refractivity (Wildman–Crippen MR) is 88.0 cm³/mol. The lowest BCUT2D eigenvalue weighted by molar-refractivity contribution is -0.118. The highest BCUT2D eigenvalue weighted by Crippen LogP contribution is 2.54. The molecule has 0 saturated heterocycles. The fraction of sp³-hybridized carbons (Fsp3) is 0.353. The van der Waals surface area contributed by atoms with Gasteiger partial charge in [0, 0.05) is 12.0 Å². The fourth-order valence-electron chi connectivity index (χ4n) is 3.47. The molecule has 0 spiro atoms. The first kappa shape index (κ1) is 13.4. The summed E-state index contributed by atoms with van der Waals surface area (Å²) < 4.78 is 1.21. The Morgan fingerprint density at radius 3 is 3.05 bits per heavy atom. The van der Waals surface area contributed by atoms with Crippen molar-refractivity contribution in [2.45, 2.75) is 29.0 Å². The van der Waals surface area contributed by atoms with Crippen molar-refractivity contribution in [3.8, 4) is 0 Å². The molecule has 1 fully saturated rings. The van der Waals surface area contributed by atoms with Crippen LogP contribution < -0.4 is 5.32 Å². The Morgan fingerprint density at radius 1 is 1.29 bits per heavy atom. The monoisotopic (exact) mass is 315 g/mol. The van der Waals surface area contributed by atoms with Crippen LogP contribution in [-0.4, -0.2) is 17.7 Å². The molecule has 3 atom stereocenters. The molecule has 2 nitrogen and oxygen atoms in total. The van der Waals surface area contributed by atoms with Gasteiger partial charge in [-0.05, 0) is 41.3 Å². The van der Waals surface area contributed by atoms with Crippen molar-refractivity contribution in [2.75, 3.05) is 5.75 Å². The SMILES string of the molecule is O=C(CSc1cccs1)N[C@@H]1[C@H]2CCc3ccccc3[C@@H]21. The molecule has 1 N–H and O–H groups in total. The first-order valence-electron chi connectivity index (χ1n) is 7.36. The summed E-state index contributed by atoms with van der Waals surface area (Å²) in [6.07, 6.45) is 2.37. The van der Waals surface area contributed by atoms with Crippen LogP contribution in [-0.2, 0) is 11.2 Å². The predicted octanol–water partition coefficient (Wildman–Crippen LogP) is 3.68. The minimum Gasteiger partial charge on any atom is -0.352 e. The number of carbonyl (C=O) groups excluding carboxylic acids is 1. The number of hydrogen-bond donors (Lipinski definition) is 1. The second-order valence-corrected chi connectivity index (χ2v) is 7.96. The molecule has 4 rings (SSSR count). The van der Waals surface area contributed by atoms with E-state index in [4.69, 9.17) is 0 Å². The number of fused-ring (bicyclic) bond motifs is 3. The number of rotatable bonds is 4. The molecule has 1 aromatic heterocycles. The van der Waals surface area contributed by atoms with Crippen LogP contribution in [0.15, 0.2) is 46.0 Å². The van der Waals surface area contributed by atoms with Crippen molar-refractivity contribution in [2.24, 2.45) is 5.92 Å². The van der Waals surface area contributed by atoms with E-state index in [1.807, 2.05) is 11.4 Å². The molecule has 1 amide bonds. The van der Waals surface area contributed by atoms with E-state index >= 15 is 0 Å². The van der Waals surface area contributed by atoms with Gasteiger partial charge in [0.15, 0.2) is 0 Å². The van der Waals surface area contributed by atoms with E-state index in [0.29, 0.717) is 23.6 Å². The van der Waals surface area contributed by atoms with E-state index in [1.54, 1.807) is 23.1 Å². The first-order chi connectivity index (χ1) is 10.3. The van der Waals surface area contributed by atoms with Crippen LogP contribution in [0.2, 0.25) is 0 Å². The summed E-state index contributed by atoms with van der Waals surface area (Å²) in [5.41, 5.74) is 2.94. The van der Waals surface area contributed by atoms with Crippen molar-refractivity contribution in [1.29, 1.82) is 0 Å². The van der Waals surface area contributed by atoms with Gasteiger partial charge in [0.05, 0.1) is 9.96 Å². The minimum atomic E-state index is 0.172. The quantitative estimate of drug-likeness (QED) is 0.872. The van der Waals surface area contributed by atoms with Crippen molar-refractivity contribution in [1.82, 2.24) is 5.32 Å². The Bertz CT molecular complexity index is 653. The average molecular weight is 315 g/mol. The molecule has 0 radical (unpaired) electrons. The van der Waals surface area contributed by atoms with Crippen LogP contribution in [0.5, 0.6) is 0 Å².